The van der Waals surface area contributed by atoms with E-state index in [1.54, 1.807) is 5.57 Å². The van der Waals surface area contributed by atoms with E-state index in [9.17, 15) is 0 Å². The van der Waals surface area contributed by atoms with Crippen molar-refractivity contribution in [3.63, 3.8) is 0 Å². The van der Waals surface area contributed by atoms with Crippen LogP contribution in [0.3, 0.4) is 0 Å². The molecule has 2 rings (SSSR count). The summed E-state index contributed by atoms with van der Waals surface area (Å²) in [6, 6.07) is 0. The quantitative estimate of drug-likeness (QED) is 0.498. The summed E-state index contributed by atoms with van der Waals surface area (Å²) >= 11 is 0. The molecule has 0 atom stereocenters. The number of rotatable bonds is 1. The summed E-state index contributed by atoms with van der Waals surface area (Å²) in [6.07, 6.45) is 16.7. The van der Waals surface area contributed by atoms with Crippen LogP contribution in [0.5, 0.6) is 0 Å². The molecule has 0 N–H and O–H groups in total. The van der Waals surface area contributed by atoms with Crippen molar-refractivity contribution in [1.29, 1.82) is 0 Å². The molecule has 11 heavy (non-hydrogen) atoms. The highest BCUT2D eigenvalue weighted by Gasteiger charge is 2.11. The average Bonchev–Trinajstić information content (AvgIpc) is 2.58. The fourth-order valence-electron chi connectivity index (χ4n) is 1.84. The highest BCUT2D eigenvalue weighted by Crippen LogP contribution is 2.27. The second-order valence-electron chi connectivity index (χ2n) is 3.32. The topological polar surface area (TPSA) is 0 Å². The van der Waals surface area contributed by atoms with Crippen molar-refractivity contribution in [3.8, 4) is 0 Å². The third kappa shape index (κ3) is 1.45. The van der Waals surface area contributed by atoms with Gasteiger partial charge in [0.05, 0.1) is 0 Å². The van der Waals surface area contributed by atoms with Crippen LogP contribution in [0.4, 0.5) is 0 Å². The smallest absolute Gasteiger partial charge is 0.0163 e. The van der Waals surface area contributed by atoms with Crippen LogP contribution >= 0.6 is 0 Å². The van der Waals surface area contributed by atoms with Gasteiger partial charge in [0, 0.05) is 5.92 Å². The SMILES string of the molecule is C1=CC(C2=CCCCC2)C=C1. The van der Waals surface area contributed by atoms with E-state index in [1.807, 2.05) is 0 Å². The van der Waals surface area contributed by atoms with E-state index in [2.05, 4.69) is 30.4 Å². The van der Waals surface area contributed by atoms with E-state index in [1.165, 1.54) is 25.7 Å². The number of hydrogen-bond acceptors (Lipinski definition) is 0. The van der Waals surface area contributed by atoms with Crippen LogP contribution in [-0.4, -0.2) is 0 Å². The Morgan fingerprint density at radius 1 is 1.09 bits per heavy atom. The molecular weight excluding hydrogens is 132 g/mol. The first-order valence-corrected chi connectivity index (χ1v) is 4.51. The van der Waals surface area contributed by atoms with E-state index in [-0.39, 0.29) is 0 Å². The summed E-state index contributed by atoms with van der Waals surface area (Å²) in [6.45, 7) is 0. The molecule has 0 nitrogen and oxygen atoms in total. The molecule has 0 spiro atoms. The minimum absolute atomic E-state index is 0.648. The molecule has 58 valence electrons. The summed E-state index contributed by atoms with van der Waals surface area (Å²) < 4.78 is 0. The largest absolute Gasteiger partial charge is 0.0844 e. The highest BCUT2D eigenvalue weighted by molar-refractivity contribution is 5.29. The van der Waals surface area contributed by atoms with E-state index in [0.717, 1.165) is 0 Å². The number of hydrogen-bond donors (Lipinski definition) is 0. The minimum Gasteiger partial charge on any atom is -0.0844 e. The van der Waals surface area contributed by atoms with Gasteiger partial charge in [-0.3, -0.25) is 0 Å². The standard InChI is InChI=1S/C11H14/c1-2-6-10(7-3-1)11-8-4-5-9-11/h4-6,8-9,11H,1-3,7H2. The third-order valence-corrected chi connectivity index (χ3v) is 2.50. The van der Waals surface area contributed by atoms with E-state index in [0.29, 0.717) is 5.92 Å². The lowest BCUT2D eigenvalue weighted by molar-refractivity contribution is 0.667. The third-order valence-electron chi connectivity index (χ3n) is 2.50. The Balaban J connectivity index is 2.08. The Morgan fingerprint density at radius 3 is 2.55 bits per heavy atom. The molecule has 2 aliphatic rings. The first kappa shape index (κ1) is 6.90. The second kappa shape index (κ2) is 3.08. The molecule has 0 aromatic carbocycles. The first-order chi connectivity index (χ1) is 5.47. The average molecular weight is 146 g/mol. The van der Waals surface area contributed by atoms with Gasteiger partial charge in [-0.25, -0.2) is 0 Å². The lowest BCUT2D eigenvalue weighted by atomic mass is 9.90. The van der Waals surface area contributed by atoms with E-state index >= 15 is 0 Å². The molecule has 0 aromatic rings. The van der Waals surface area contributed by atoms with E-state index < -0.39 is 0 Å². The van der Waals surface area contributed by atoms with Crippen molar-refractivity contribution in [2.45, 2.75) is 25.7 Å². The molecule has 0 heterocycles. The van der Waals surface area contributed by atoms with Crippen molar-refractivity contribution in [3.05, 3.63) is 36.0 Å². The summed E-state index contributed by atoms with van der Waals surface area (Å²) in [5.74, 6) is 0.648. The summed E-state index contributed by atoms with van der Waals surface area (Å²) in [4.78, 5) is 0. The minimum atomic E-state index is 0.648. The van der Waals surface area contributed by atoms with Gasteiger partial charge >= 0.3 is 0 Å². The first-order valence-electron chi connectivity index (χ1n) is 4.51. The van der Waals surface area contributed by atoms with Crippen LogP contribution in [0.2, 0.25) is 0 Å². The Kier molecular flexibility index (Phi) is 1.93. The van der Waals surface area contributed by atoms with Gasteiger partial charge in [-0.15, -0.1) is 0 Å². The zero-order chi connectivity index (χ0) is 7.52. The van der Waals surface area contributed by atoms with Gasteiger partial charge in [0.15, 0.2) is 0 Å². The molecule has 0 saturated carbocycles. The molecule has 0 fully saturated rings. The van der Waals surface area contributed by atoms with Crippen molar-refractivity contribution in [1.82, 2.24) is 0 Å². The molecule has 0 unspecified atom stereocenters. The molecule has 0 amide bonds. The van der Waals surface area contributed by atoms with Gasteiger partial charge in [-0.1, -0.05) is 36.0 Å². The predicted octanol–water partition coefficient (Wildman–Crippen LogP) is 3.23. The van der Waals surface area contributed by atoms with Crippen LogP contribution in [0.1, 0.15) is 25.7 Å². The van der Waals surface area contributed by atoms with Gasteiger partial charge in [-0.2, -0.15) is 0 Å². The number of allylic oxidation sites excluding steroid dienone is 6. The normalized spacial score (nSPS) is 24.2. The van der Waals surface area contributed by atoms with Crippen LogP contribution < -0.4 is 0 Å². The molecular formula is C11H14. The van der Waals surface area contributed by atoms with Crippen LogP contribution in [0, 0.1) is 5.92 Å². The van der Waals surface area contributed by atoms with Crippen molar-refractivity contribution >= 4 is 0 Å². The Labute approximate surface area is 68.3 Å². The van der Waals surface area contributed by atoms with Crippen LogP contribution in [0.25, 0.3) is 0 Å². The van der Waals surface area contributed by atoms with Gasteiger partial charge in [0.1, 0.15) is 0 Å². The summed E-state index contributed by atoms with van der Waals surface area (Å²) in [7, 11) is 0. The van der Waals surface area contributed by atoms with Gasteiger partial charge in [-0.05, 0) is 25.7 Å². The van der Waals surface area contributed by atoms with E-state index in [4.69, 9.17) is 0 Å². The highest BCUT2D eigenvalue weighted by atomic mass is 14.2. The lowest BCUT2D eigenvalue weighted by Crippen LogP contribution is -1.99. The second-order valence-corrected chi connectivity index (χ2v) is 3.32. The van der Waals surface area contributed by atoms with Crippen molar-refractivity contribution < 1.29 is 0 Å². The molecule has 0 aromatic heterocycles. The molecule has 0 radical (unpaired) electrons. The summed E-state index contributed by atoms with van der Waals surface area (Å²) in [5.41, 5.74) is 1.64. The van der Waals surface area contributed by atoms with Crippen LogP contribution in [-0.2, 0) is 0 Å². The van der Waals surface area contributed by atoms with Gasteiger partial charge < -0.3 is 0 Å². The van der Waals surface area contributed by atoms with Gasteiger partial charge in [0.25, 0.3) is 0 Å². The molecule has 2 aliphatic carbocycles. The monoisotopic (exact) mass is 146 g/mol. The Morgan fingerprint density at radius 2 is 1.91 bits per heavy atom. The maximum Gasteiger partial charge on any atom is 0.0163 e. The zero-order valence-electron chi connectivity index (χ0n) is 6.79. The Bertz CT molecular complexity index is 206. The molecule has 0 bridgehead atoms. The van der Waals surface area contributed by atoms with Crippen LogP contribution in [0.15, 0.2) is 36.0 Å². The molecule has 0 aliphatic heterocycles. The van der Waals surface area contributed by atoms with Gasteiger partial charge in [0.2, 0.25) is 0 Å². The fraction of sp³-hybridized carbons (Fsp3) is 0.455. The summed E-state index contributed by atoms with van der Waals surface area (Å²) in [5, 5.41) is 0. The molecule has 0 heteroatoms. The predicted molar refractivity (Wildman–Crippen MR) is 48.3 cm³/mol. The zero-order valence-corrected chi connectivity index (χ0v) is 6.79. The maximum absolute atomic E-state index is 2.42. The maximum atomic E-state index is 2.42. The molecule has 0 saturated heterocycles. The van der Waals surface area contributed by atoms with Crippen molar-refractivity contribution in [2.24, 2.45) is 5.92 Å². The van der Waals surface area contributed by atoms with Crippen molar-refractivity contribution in [2.75, 3.05) is 0 Å². The fourth-order valence-corrected chi connectivity index (χ4v) is 1.84. The Hall–Kier alpha value is -0.780. The lowest BCUT2D eigenvalue weighted by Gasteiger charge is -2.15.